The summed E-state index contributed by atoms with van der Waals surface area (Å²) >= 11 is 12.2. The van der Waals surface area contributed by atoms with Crippen LogP contribution in [0.2, 0.25) is 10.0 Å². The molecule has 0 radical (unpaired) electrons. The Kier molecular flexibility index (Phi) is 6.75. The fourth-order valence-corrected chi connectivity index (χ4v) is 3.71. The Morgan fingerprint density at radius 1 is 0.963 bits per heavy atom. The third-order valence-electron chi connectivity index (χ3n) is 4.86. The van der Waals surface area contributed by atoms with Crippen molar-refractivity contribution in [1.29, 1.82) is 0 Å². The van der Waals surface area contributed by atoms with Gasteiger partial charge in [-0.2, -0.15) is 0 Å². The van der Waals surface area contributed by atoms with Gasteiger partial charge in [-0.05, 0) is 36.1 Å². The molecule has 1 unspecified atom stereocenters. The highest BCUT2D eigenvalue weighted by atomic mass is 35.5. The van der Waals surface area contributed by atoms with E-state index in [9.17, 15) is 9.59 Å². The minimum Gasteiger partial charge on any atom is -0.347 e. The quantitative estimate of drug-likeness (QED) is 0.743. The predicted molar refractivity (Wildman–Crippen MR) is 108 cm³/mol. The molecule has 1 atom stereocenters. The number of carbonyl (C=O) groups excluding carboxylic acids is 2. The molecule has 0 aromatic heterocycles. The minimum atomic E-state index is -0.378. The van der Waals surface area contributed by atoms with Gasteiger partial charge in [0.1, 0.15) is 0 Å². The van der Waals surface area contributed by atoms with Crippen LogP contribution in [-0.4, -0.2) is 18.4 Å². The Balaban J connectivity index is 1.70. The molecule has 3 rings (SSSR count). The number of carbonyl (C=O) groups is 2. The van der Waals surface area contributed by atoms with Crippen molar-refractivity contribution in [2.45, 2.75) is 31.7 Å². The zero-order valence-electron chi connectivity index (χ0n) is 14.9. The number of benzene rings is 2. The largest absolute Gasteiger partial charge is 0.347 e. The van der Waals surface area contributed by atoms with Crippen LogP contribution in [0.15, 0.2) is 48.5 Å². The smallest absolute Gasteiger partial charge is 0.240 e. The van der Waals surface area contributed by atoms with Gasteiger partial charge in [0.05, 0.1) is 22.6 Å². The average Bonchev–Trinajstić information content (AvgIpc) is 3.22. The molecule has 2 aromatic carbocycles. The molecule has 0 aliphatic heterocycles. The van der Waals surface area contributed by atoms with Crippen LogP contribution in [0.5, 0.6) is 0 Å². The first kappa shape index (κ1) is 19.7. The van der Waals surface area contributed by atoms with E-state index in [0.29, 0.717) is 10.0 Å². The van der Waals surface area contributed by atoms with E-state index >= 15 is 0 Å². The van der Waals surface area contributed by atoms with Gasteiger partial charge in [0.25, 0.3) is 0 Å². The molecule has 2 amide bonds. The van der Waals surface area contributed by atoms with Crippen molar-refractivity contribution in [3.63, 3.8) is 0 Å². The fourth-order valence-electron chi connectivity index (χ4n) is 3.41. The van der Waals surface area contributed by atoms with Gasteiger partial charge in [-0.3, -0.25) is 9.59 Å². The van der Waals surface area contributed by atoms with Crippen LogP contribution in [0.4, 0.5) is 0 Å². The van der Waals surface area contributed by atoms with Crippen LogP contribution in [0, 0.1) is 5.92 Å². The molecule has 27 heavy (non-hydrogen) atoms. The van der Waals surface area contributed by atoms with Crippen molar-refractivity contribution in [1.82, 2.24) is 10.6 Å². The van der Waals surface area contributed by atoms with E-state index in [2.05, 4.69) is 10.6 Å². The molecule has 4 nitrogen and oxygen atoms in total. The van der Waals surface area contributed by atoms with Crippen molar-refractivity contribution in [2.75, 3.05) is 6.54 Å². The molecular formula is C21H22Cl2N2O2. The normalized spacial score (nSPS) is 15.3. The van der Waals surface area contributed by atoms with Crippen molar-refractivity contribution in [3.8, 4) is 0 Å². The first-order chi connectivity index (χ1) is 13.0. The lowest BCUT2D eigenvalue weighted by Crippen LogP contribution is -2.40. The van der Waals surface area contributed by atoms with E-state index in [0.717, 1.165) is 36.8 Å². The van der Waals surface area contributed by atoms with E-state index in [1.165, 1.54) is 0 Å². The van der Waals surface area contributed by atoms with Crippen molar-refractivity contribution < 1.29 is 9.59 Å². The maximum absolute atomic E-state index is 12.5. The molecule has 1 fully saturated rings. The Labute approximate surface area is 169 Å². The topological polar surface area (TPSA) is 58.2 Å². The lowest BCUT2D eigenvalue weighted by molar-refractivity contribution is -0.128. The molecule has 1 saturated carbocycles. The number of halogens is 2. The van der Waals surface area contributed by atoms with Crippen molar-refractivity contribution >= 4 is 35.0 Å². The van der Waals surface area contributed by atoms with E-state index in [-0.39, 0.29) is 30.3 Å². The highest BCUT2D eigenvalue weighted by Gasteiger charge is 2.23. The Morgan fingerprint density at radius 3 is 2.33 bits per heavy atom. The molecule has 2 aromatic rings. The van der Waals surface area contributed by atoms with Crippen LogP contribution >= 0.6 is 23.2 Å². The summed E-state index contributed by atoms with van der Waals surface area (Å²) in [5.41, 5.74) is 1.75. The van der Waals surface area contributed by atoms with Crippen LogP contribution < -0.4 is 10.6 Å². The standard InChI is InChI=1S/C21H22Cl2N2O2/c22-17-11-10-16(12-18(17)23)20(14-6-2-1-3-7-14)25-19(26)13-24-21(27)15-8-4-5-9-15/h1-3,6-7,10-12,15,20H,4-5,8-9,13H2,(H,24,27)(H,25,26). The third kappa shape index (κ3) is 5.24. The van der Waals surface area contributed by atoms with Gasteiger partial charge in [-0.15, -0.1) is 0 Å². The lowest BCUT2D eigenvalue weighted by Gasteiger charge is -2.21. The predicted octanol–water partition coefficient (Wildman–Crippen LogP) is 4.51. The third-order valence-corrected chi connectivity index (χ3v) is 5.60. The number of amides is 2. The number of rotatable bonds is 6. The molecule has 6 heteroatoms. The molecule has 1 aliphatic carbocycles. The summed E-state index contributed by atoms with van der Waals surface area (Å²) in [4.78, 5) is 24.6. The summed E-state index contributed by atoms with van der Waals surface area (Å²) in [7, 11) is 0. The van der Waals surface area contributed by atoms with Crippen LogP contribution in [0.3, 0.4) is 0 Å². The number of nitrogens with one attached hydrogen (secondary N) is 2. The first-order valence-electron chi connectivity index (χ1n) is 9.11. The Hall–Kier alpha value is -2.04. The summed E-state index contributed by atoms with van der Waals surface area (Å²) in [6, 6.07) is 14.5. The van der Waals surface area contributed by atoms with Gasteiger partial charge in [0, 0.05) is 5.92 Å². The average molecular weight is 405 g/mol. The summed E-state index contributed by atoms with van der Waals surface area (Å²) in [5, 5.41) is 6.63. The summed E-state index contributed by atoms with van der Waals surface area (Å²) in [6.45, 7) is -0.0417. The second kappa shape index (κ2) is 9.25. The first-order valence-corrected chi connectivity index (χ1v) is 9.87. The lowest BCUT2D eigenvalue weighted by atomic mass is 9.98. The number of hydrogen-bond donors (Lipinski definition) is 2. The molecular weight excluding hydrogens is 383 g/mol. The highest BCUT2D eigenvalue weighted by molar-refractivity contribution is 6.42. The number of hydrogen-bond acceptors (Lipinski definition) is 2. The second-order valence-electron chi connectivity index (χ2n) is 6.78. The highest BCUT2D eigenvalue weighted by Crippen LogP contribution is 2.29. The minimum absolute atomic E-state index is 0.0338. The zero-order chi connectivity index (χ0) is 19.2. The molecule has 1 aliphatic rings. The summed E-state index contributed by atoms with van der Waals surface area (Å²) in [6.07, 6.45) is 3.97. The zero-order valence-corrected chi connectivity index (χ0v) is 16.4. The Bertz CT molecular complexity index is 805. The Morgan fingerprint density at radius 2 is 1.67 bits per heavy atom. The molecule has 0 heterocycles. The maximum Gasteiger partial charge on any atom is 0.240 e. The second-order valence-corrected chi connectivity index (χ2v) is 7.60. The monoisotopic (exact) mass is 404 g/mol. The van der Waals surface area contributed by atoms with Crippen LogP contribution in [-0.2, 0) is 9.59 Å². The van der Waals surface area contributed by atoms with Crippen LogP contribution in [0.1, 0.15) is 42.9 Å². The molecule has 0 spiro atoms. The van der Waals surface area contributed by atoms with E-state index < -0.39 is 0 Å². The van der Waals surface area contributed by atoms with Gasteiger partial charge in [0.15, 0.2) is 0 Å². The summed E-state index contributed by atoms with van der Waals surface area (Å²) in [5.74, 6) is -0.243. The fraction of sp³-hybridized carbons (Fsp3) is 0.333. The maximum atomic E-state index is 12.5. The van der Waals surface area contributed by atoms with Gasteiger partial charge in [-0.25, -0.2) is 0 Å². The molecule has 142 valence electrons. The summed E-state index contributed by atoms with van der Waals surface area (Å²) < 4.78 is 0. The molecule has 0 saturated heterocycles. The van der Waals surface area contributed by atoms with E-state index in [1.807, 2.05) is 36.4 Å². The van der Waals surface area contributed by atoms with Gasteiger partial charge >= 0.3 is 0 Å². The van der Waals surface area contributed by atoms with Crippen molar-refractivity contribution in [3.05, 3.63) is 69.7 Å². The SMILES string of the molecule is O=C(CNC(=O)C1CCCC1)NC(c1ccccc1)c1ccc(Cl)c(Cl)c1. The van der Waals surface area contributed by atoms with E-state index in [4.69, 9.17) is 23.2 Å². The van der Waals surface area contributed by atoms with E-state index in [1.54, 1.807) is 12.1 Å². The van der Waals surface area contributed by atoms with Gasteiger partial charge in [-0.1, -0.05) is 72.4 Å². The van der Waals surface area contributed by atoms with Crippen LogP contribution in [0.25, 0.3) is 0 Å². The molecule has 2 N–H and O–H groups in total. The molecule has 0 bridgehead atoms. The van der Waals surface area contributed by atoms with Gasteiger partial charge in [0.2, 0.25) is 11.8 Å². The van der Waals surface area contributed by atoms with Gasteiger partial charge < -0.3 is 10.6 Å². The van der Waals surface area contributed by atoms with Crippen molar-refractivity contribution in [2.24, 2.45) is 5.92 Å².